The van der Waals surface area contributed by atoms with Gasteiger partial charge in [0, 0.05) is 10.5 Å². The van der Waals surface area contributed by atoms with Crippen LogP contribution >= 0.6 is 15.9 Å². The van der Waals surface area contributed by atoms with Crippen LogP contribution in [0.3, 0.4) is 0 Å². The molecule has 1 aliphatic carbocycles. The normalized spacial score (nSPS) is 14.6. The summed E-state index contributed by atoms with van der Waals surface area (Å²) in [4.78, 5) is 12.9. The first-order valence-electron chi connectivity index (χ1n) is 8.68. The van der Waals surface area contributed by atoms with E-state index in [1.54, 1.807) is 11.8 Å². The molecule has 0 atom stereocenters. The van der Waals surface area contributed by atoms with Crippen molar-refractivity contribution in [3.8, 4) is 11.4 Å². The zero-order valence-corrected chi connectivity index (χ0v) is 16.7. The third-order valence-electron chi connectivity index (χ3n) is 4.91. The number of amides is 1. The number of nitrogens with one attached hydrogen (secondary N) is 1. The Morgan fingerprint density at radius 1 is 1.22 bits per heavy atom. The van der Waals surface area contributed by atoms with Crippen molar-refractivity contribution in [1.82, 2.24) is 20.3 Å². The summed E-state index contributed by atoms with van der Waals surface area (Å²) in [6.07, 6.45) is 1.84. The van der Waals surface area contributed by atoms with Gasteiger partial charge in [-0.2, -0.15) is 0 Å². The molecule has 1 heterocycles. The first-order chi connectivity index (χ1) is 13.0. The van der Waals surface area contributed by atoms with E-state index in [0.717, 1.165) is 34.3 Å². The van der Waals surface area contributed by atoms with Crippen LogP contribution in [-0.2, 0) is 5.54 Å². The topological polar surface area (TPSA) is 69.0 Å². The molecule has 0 radical (unpaired) electrons. The lowest BCUT2D eigenvalue weighted by Gasteiger charge is -2.17. The minimum Gasteiger partial charge on any atom is -0.497 e. The van der Waals surface area contributed by atoms with E-state index in [0.29, 0.717) is 11.4 Å². The van der Waals surface area contributed by atoms with Gasteiger partial charge in [0.05, 0.1) is 24.0 Å². The predicted octanol–water partition coefficient (Wildman–Crippen LogP) is 3.77. The molecule has 27 heavy (non-hydrogen) atoms. The zero-order valence-electron chi connectivity index (χ0n) is 15.1. The maximum atomic E-state index is 12.9. The molecule has 7 heteroatoms. The number of hydrogen-bond acceptors (Lipinski definition) is 4. The number of carbonyl (C=O) groups excluding carboxylic acids is 1. The number of halogens is 1. The standard InChI is InChI=1S/C20H19BrN4O2/c1-13-18(23-24-25(13)16-4-3-5-17(12-16)27-2)19(26)22-20(10-11-20)14-6-8-15(21)9-7-14/h3-9,12H,10-11H2,1-2H3,(H,22,26). The highest BCUT2D eigenvalue weighted by Gasteiger charge is 2.46. The fourth-order valence-corrected chi connectivity index (χ4v) is 3.45. The summed E-state index contributed by atoms with van der Waals surface area (Å²) in [5.41, 5.74) is 2.63. The second-order valence-electron chi connectivity index (χ2n) is 6.68. The third-order valence-corrected chi connectivity index (χ3v) is 5.44. The van der Waals surface area contributed by atoms with E-state index in [1.165, 1.54) is 0 Å². The highest BCUT2D eigenvalue weighted by Crippen LogP contribution is 2.45. The molecule has 0 unspecified atom stereocenters. The minimum absolute atomic E-state index is 0.206. The summed E-state index contributed by atoms with van der Waals surface area (Å²) in [7, 11) is 1.61. The molecule has 1 amide bonds. The van der Waals surface area contributed by atoms with Gasteiger partial charge in [-0.3, -0.25) is 4.79 Å². The Morgan fingerprint density at radius 3 is 2.63 bits per heavy atom. The van der Waals surface area contributed by atoms with E-state index in [-0.39, 0.29) is 11.4 Å². The average Bonchev–Trinajstić information content (AvgIpc) is 3.35. The van der Waals surface area contributed by atoms with Gasteiger partial charge in [0.1, 0.15) is 5.75 Å². The smallest absolute Gasteiger partial charge is 0.274 e. The number of hydrogen-bond donors (Lipinski definition) is 1. The van der Waals surface area contributed by atoms with Crippen molar-refractivity contribution in [2.45, 2.75) is 25.3 Å². The van der Waals surface area contributed by atoms with Crippen molar-refractivity contribution in [2.75, 3.05) is 7.11 Å². The maximum Gasteiger partial charge on any atom is 0.274 e. The number of methoxy groups -OCH3 is 1. The molecule has 138 valence electrons. The molecule has 1 fully saturated rings. The summed E-state index contributed by atoms with van der Waals surface area (Å²) in [6, 6.07) is 15.6. The molecule has 1 aromatic heterocycles. The summed E-state index contributed by atoms with van der Waals surface area (Å²) < 4.78 is 7.93. The van der Waals surface area contributed by atoms with Crippen LogP contribution < -0.4 is 10.1 Å². The third kappa shape index (κ3) is 3.35. The lowest BCUT2D eigenvalue weighted by Crippen LogP contribution is -2.35. The summed E-state index contributed by atoms with van der Waals surface area (Å²) in [5, 5.41) is 11.4. The number of nitrogens with zero attached hydrogens (tertiary/aromatic N) is 3. The van der Waals surface area contributed by atoms with E-state index in [9.17, 15) is 4.79 Å². The van der Waals surface area contributed by atoms with Gasteiger partial charge in [0.15, 0.2) is 5.69 Å². The highest BCUT2D eigenvalue weighted by atomic mass is 79.9. The average molecular weight is 427 g/mol. The van der Waals surface area contributed by atoms with E-state index < -0.39 is 0 Å². The molecular formula is C20H19BrN4O2. The monoisotopic (exact) mass is 426 g/mol. The van der Waals surface area contributed by atoms with E-state index in [4.69, 9.17) is 4.74 Å². The molecule has 1 aliphatic rings. The van der Waals surface area contributed by atoms with Gasteiger partial charge in [0.25, 0.3) is 5.91 Å². The molecule has 0 saturated heterocycles. The minimum atomic E-state index is -0.302. The van der Waals surface area contributed by atoms with Gasteiger partial charge in [0.2, 0.25) is 0 Å². The van der Waals surface area contributed by atoms with Crippen molar-refractivity contribution in [3.63, 3.8) is 0 Å². The molecule has 1 N–H and O–H groups in total. The van der Waals surface area contributed by atoms with Crippen LogP contribution in [0.5, 0.6) is 5.75 Å². The quantitative estimate of drug-likeness (QED) is 0.673. The van der Waals surface area contributed by atoms with Crippen LogP contribution in [0.2, 0.25) is 0 Å². The SMILES string of the molecule is COc1cccc(-n2nnc(C(=O)NC3(c4ccc(Br)cc4)CC3)c2C)c1. The van der Waals surface area contributed by atoms with Gasteiger partial charge in [-0.15, -0.1) is 5.10 Å². The van der Waals surface area contributed by atoms with E-state index >= 15 is 0 Å². The van der Waals surface area contributed by atoms with E-state index in [1.807, 2.05) is 55.5 Å². The summed E-state index contributed by atoms with van der Waals surface area (Å²) >= 11 is 3.45. The number of aromatic nitrogens is 3. The fraction of sp³-hybridized carbons (Fsp3) is 0.250. The van der Waals surface area contributed by atoms with Crippen molar-refractivity contribution in [2.24, 2.45) is 0 Å². The molecule has 2 aromatic carbocycles. The Kier molecular flexibility index (Phi) is 4.47. The highest BCUT2D eigenvalue weighted by molar-refractivity contribution is 9.10. The first-order valence-corrected chi connectivity index (χ1v) is 9.47. The molecule has 3 aromatic rings. The molecular weight excluding hydrogens is 408 g/mol. The van der Waals surface area contributed by atoms with Crippen molar-refractivity contribution in [1.29, 1.82) is 0 Å². The van der Waals surface area contributed by atoms with Gasteiger partial charge in [-0.1, -0.05) is 39.3 Å². The van der Waals surface area contributed by atoms with Crippen LogP contribution in [0.15, 0.2) is 53.0 Å². The molecule has 0 aliphatic heterocycles. The maximum absolute atomic E-state index is 12.9. The van der Waals surface area contributed by atoms with Gasteiger partial charge in [-0.25, -0.2) is 4.68 Å². The lowest BCUT2D eigenvalue weighted by atomic mass is 10.0. The molecule has 0 bridgehead atoms. The first kappa shape index (κ1) is 17.7. The largest absolute Gasteiger partial charge is 0.497 e. The van der Waals surface area contributed by atoms with Crippen LogP contribution in [-0.4, -0.2) is 28.0 Å². The predicted molar refractivity (Wildman–Crippen MR) is 105 cm³/mol. The lowest BCUT2D eigenvalue weighted by molar-refractivity contribution is 0.0925. The van der Waals surface area contributed by atoms with Crippen molar-refractivity contribution >= 4 is 21.8 Å². The molecule has 0 spiro atoms. The van der Waals surface area contributed by atoms with Gasteiger partial charge < -0.3 is 10.1 Å². The summed E-state index contributed by atoms with van der Waals surface area (Å²) in [6.45, 7) is 1.84. The van der Waals surface area contributed by atoms with Crippen molar-refractivity contribution in [3.05, 3.63) is 70.0 Å². The number of benzene rings is 2. The second kappa shape index (κ2) is 6.81. The Bertz CT molecular complexity index is 993. The Hall–Kier alpha value is -2.67. The van der Waals surface area contributed by atoms with E-state index in [2.05, 4.69) is 31.6 Å². The number of rotatable bonds is 5. The van der Waals surface area contributed by atoms with Crippen LogP contribution in [0.4, 0.5) is 0 Å². The van der Waals surface area contributed by atoms with Crippen molar-refractivity contribution < 1.29 is 9.53 Å². The molecule has 4 rings (SSSR count). The Labute approximate surface area is 165 Å². The van der Waals surface area contributed by atoms with Crippen LogP contribution in [0.25, 0.3) is 5.69 Å². The number of carbonyl (C=O) groups is 1. The molecule has 1 saturated carbocycles. The Morgan fingerprint density at radius 2 is 1.96 bits per heavy atom. The van der Waals surface area contributed by atoms with Crippen LogP contribution in [0, 0.1) is 6.92 Å². The fourth-order valence-electron chi connectivity index (χ4n) is 3.18. The zero-order chi connectivity index (χ0) is 19.0. The van der Waals surface area contributed by atoms with Gasteiger partial charge >= 0.3 is 0 Å². The molecule has 6 nitrogen and oxygen atoms in total. The summed E-state index contributed by atoms with van der Waals surface area (Å²) in [5.74, 6) is 0.516. The second-order valence-corrected chi connectivity index (χ2v) is 7.60. The Balaban J connectivity index is 1.58. The van der Waals surface area contributed by atoms with Crippen LogP contribution in [0.1, 0.15) is 34.6 Å². The van der Waals surface area contributed by atoms with Gasteiger partial charge in [-0.05, 0) is 49.6 Å². The number of ether oxygens (including phenoxy) is 1.